The summed E-state index contributed by atoms with van der Waals surface area (Å²) in [5.74, 6) is 0.460. The van der Waals surface area contributed by atoms with Crippen molar-refractivity contribution < 1.29 is 16.8 Å². The number of nitrogens with zero attached hydrogens (tertiary/aromatic N) is 1. The minimum Gasteiger partial charge on any atom is -0.369 e. The van der Waals surface area contributed by atoms with E-state index in [1.807, 2.05) is 26.8 Å². The summed E-state index contributed by atoms with van der Waals surface area (Å²) < 4.78 is 54.8. The monoisotopic (exact) mass is 454 g/mol. The Morgan fingerprint density at radius 2 is 1.73 bits per heavy atom. The van der Waals surface area contributed by atoms with Gasteiger partial charge in [0, 0.05) is 25.3 Å². The van der Waals surface area contributed by atoms with E-state index in [4.69, 9.17) is 0 Å². The maximum atomic E-state index is 12.5. The van der Waals surface area contributed by atoms with Gasteiger partial charge in [0.05, 0.1) is 4.90 Å². The Morgan fingerprint density at radius 3 is 2.37 bits per heavy atom. The van der Waals surface area contributed by atoms with Crippen LogP contribution in [0.3, 0.4) is 0 Å². The van der Waals surface area contributed by atoms with E-state index >= 15 is 0 Å². The third kappa shape index (κ3) is 6.76. The van der Waals surface area contributed by atoms with Crippen LogP contribution in [0.25, 0.3) is 0 Å². The molecule has 30 heavy (non-hydrogen) atoms. The second kappa shape index (κ2) is 10.3. The average Bonchev–Trinajstić information content (AvgIpc) is 2.67. The second-order valence-corrected chi connectivity index (χ2v) is 10.7. The van der Waals surface area contributed by atoms with Crippen LogP contribution in [0.15, 0.2) is 46.3 Å². The molecule has 0 amide bonds. The molecule has 1 heterocycles. The van der Waals surface area contributed by atoms with Gasteiger partial charge in [-0.2, -0.15) is 0 Å². The van der Waals surface area contributed by atoms with E-state index in [2.05, 4.69) is 19.7 Å². The first-order chi connectivity index (χ1) is 14.0. The van der Waals surface area contributed by atoms with Crippen molar-refractivity contribution in [1.82, 2.24) is 14.4 Å². The molecule has 8 nitrogen and oxygen atoms in total. The van der Waals surface area contributed by atoms with Crippen LogP contribution in [0, 0.1) is 13.8 Å². The van der Waals surface area contributed by atoms with Crippen molar-refractivity contribution in [2.75, 3.05) is 18.4 Å². The lowest BCUT2D eigenvalue weighted by molar-refractivity contribution is 0.543. The quantitative estimate of drug-likeness (QED) is 0.449. The summed E-state index contributed by atoms with van der Waals surface area (Å²) in [5, 5.41) is 2.98. The number of aromatic nitrogens is 1. The Labute approximate surface area is 179 Å². The minimum atomic E-state index is -3.61. The zero-order valence-electron chi connectivity index (χ0n) is 17.8. The molecule has 1 aromatic heterocycles. The molecule has 3 N–H and O–H groups in total. The number of pyridine rings is 1. The molecule has 1 aromatic carbocycles. The Kier molecular flexibility index (Phi) is 8.36. The topological polar surface area (TPSA) is 117 Å². The predicted octanol–water partition coefficient (Wildman–Crippen LogP) is 2.56. The zero-order valence-corrected chi connectivity index (χ0v) is 19.4. The van der Waals surface area contributed by atoms with Crippen LogP contribution in [-0.2, 0) is 20.0 Å². The summed E-state index contributed by atoms with van der Waals surface area (Å²) in [7, 11) is -7.22. The van der Waals surface area contributed by atoms with Crippen molar-refractivity contribution in [2.45, 2.75) is 56.4 Å². The van der Waals surface area contributed by atoms with Gasteiger partial charge in [0.2, 0.25) is 20.0 Å². The fraction of sp³-hybridized carbons (Fsp3) is 0.450. The Hall–Kier alpha value is -2.01. The van der Waals surface area contributed by atoms with E-state index in [1.165, 1.54) is 12.3 Å². The second-order valence-electron chi connectivity index (χ2n) is 7.28. The lowest BCUT2D eigenvalue weighted by Crippen LogP contribution is -2.32. The Morgan fingerprint density at radius 1 is 1.00 bits per heavy atom. The largest absolute Gasteiger partial charge is 0.369 e. The Bertz CT molecular complexity index is 1050. The lowest BCUT2D eigenvalue weighted by atomic mass is 10.2. The number of hydrogen-bond acceptors (Lipinski definition) is 6. The van der Waals surface area contributed by atoms with Gasteiger partial charge < -0.3 is 5.32 Å². The number of benzene rings is 1. The lowest BCUT2D eigenvalue weighted by Gasteiger charge is -2.13. The molecule has 2 rings (SSSR count). The van der Waals surface area contributed by atoms with E-state index in [1.54, 1.807) is 25.1 Å². The fourth-order valence-electron chi connectivity index (χ4n) is 2.92. The molecule has 0 bridgehead atoms. The molecule has 10 heteroatoms. The number of nitrogens with one attached hydrogen (secondary N) is 3. The first kappa shape index (κ1) is 24.3. The van der Waals surface area contributed by atoms with Gasteiger partial charge in [0.1, 0.15) is 10.7 Å². The number of anilines is 1. The van der Waals surface area contributed by atoms with Crippen LogP contribution < -0.4 is 14.8 Å². The molecule has 0 fully saturated rings. The van der Waals surface area contributed by atoms with Crippen LogP contribution in [0.5, 0.6) is 0 Å². The van der Waals surface area contributed by atoms with E-state index in [0.29, 0.717) is 17.9 Å². The van der Waals surface area contributed by atoms with Crippen LogP contribution in [0.4, 0.5) is 5.82 Å². The molecule has 1 atom stereocenters. The summed E-state index contributed by atoms with van der Waals surface area (Å²) in [6.45, 7) is 7.88. The number of sulfonamides is 2. The minimum absolute atomic E-state index is 0.0895. The van der Waals surface area contributed by atoms with Gasteiger partial charge in [0.25, 0.3) is 0 Å². The van der Waals surface area contributed by atoms with E-state index < -0.39 is 20.0 Å². The summed E-state index contributed by atoms with van der Waals surface area (Å²) in [6.07, 6.45) is 2.92. The van der Waals surface area contributed by atoms with Gasteiger partial charge in [-0.25, -0.2) is 31.3 Å². The molecular formula is C20H30N4O4S2. The molecule has 0 radical (unpaired) electrons. The third-order valence-electron chi connectivity index (χ3n) is 4.48. The van der Waals surface area contributed by atoms with Crippen LogP contribution in [0.1, 0.15) is 37.8 Å². The van der Waals surface area contributed by atoms with Crippen molar-refractivity contribution in [3.63, 3.8) is 0 Å². The van der Waals surface area contributed by atoms with E-state index in [9.17, 15) is 16.8 Å². The van der Waals surface area contributed by atoms with Gasteiger partial charge in [-0.05, 0) is 56.5 Å². The summed E-state index contributed by atoms with van der Waals surface area (Å²) in [4.78, 5) is 4.46. The van der Waals surface area contributed by atoms with Gasteiger partial charge in [-0.1, -0.05) is 25.5 Å². The maximum absolute atomic E-state index is 12.5. The molecule has 1 unspecified atom stereocenters. The highest BCUT2D eigenvalue weighted by Gasteiger charge is 2.18. The van der Waals surface area contributed by atoms with E-state index in [-0.39, 0.29) is 22.4 Å². The first-order valence-corrected chi connectivity index (χ1v) is 12.8. The van der Waals surface area contributed by atoms with Crippen LogP contribution >= 0.6 is 0 Å². The van der Waals surface area contributed by atoms with Crippen molar-refractivity contribution in [3.8, 4) is 0 Å². The molecule has 0 aliphatic heterocycles. The van der Waals surface area contributed by atoms with Gasteiger partial charge >= 0.3 is 0 Å². The summed E-state index contributed by atoms with van der Waals surface area (Å²) in [5.41, 5.74) is 1.55. The standard InChI is InChI=1S/C20H30N4O4S2/c1-5-6-17(4)24-29(25,26)18-9-10-20(22-14-18)21-11-12-23-30(27,28)19-13-15(2)7-8-16(19)3/h7-10,13-14,17,23-24H,5-6,11-12H2,1-4H3,(H,21,22). The predicted molar refractivity (Wildman–Crippen MR) is 119 cm³/mol. The van der Waals surface area contributed by atoms with Crippen LogP contribution in [-0.4, -0.2) is 41.0 Å². The number of rotatable bonds is 11. The average molecular weight is 455 g/mol. The van der Waals surface area contributed by atoms with Crippen LogP contribution in [0.2, 0.25) is 0 Å². The van der Waals surface area contributed by atoms with Gasteiger partial charge in [-0.3, -0.25) is 0 Å². The number of hydrogen-bond donors (Lipinski definition) is 3. The highest BCUT2D eigenvalue weighted by Crippen LogP contribution is 2.16. The molecular weight excluding hydrogens is 424 g/mol. The Balaban J connectivity index is 1.91. The summed E-state index contributed by atoms with van der Waals surface area (Å²) in [6, 6.07) is 8.16. The van der Waals surface area contributed by atoms with E-state index in [0.717, 1.165) is 18.4 Å². The molecule has 2 aromatic rings. The van der Waals surface area contributed by atoms with Crippen molar-refractivity contribution in [1.29, 1.82) is 0 Å². The molecule has 0 aliphatic carbocycles. The first-order valence-electron chi connectivity index (χ1n) is 9.84. The molecule has 0 aliphatic rings. The van der Waals surface area contributed by atoms with Crippen molar-refractivity contribution in [2.24, 2.45) is 0 Å². The SMILES string of the molecule is CCCC(C)NS(=O)(=O)c1ccc(NCCNS(=O)(=O)c2cc(C)ccc2C)nc1. The smallest absolute Gasteiger partial charge is 0.242 e. The maximum Gasteiger partial charge on any atom is 0.242 e. The molecule has 166 valence electrons. The number of aryl methyl sites for hydroxylation is 2. The third-order valence-corrected chi connectivity index (χ3v) is 7.66. The molecule has 0 spiro atoms. The zero-order chi connectivity index (χ0) is 22.4. The van der Waals surface area contributed by atoms with Gasteiger partial charge in [0.15, 0.2) is 0 Å². The van der Waals surface area contributed by atoms with Gasteiger partial charge in [-0.15, -0.1) is 0 Å². The highest BCUT2D eigenvalue weighted by molar-refractivity contribution is 7.89. The van der Waals surface area contributed by atoms with Crippen molar-refractivity contribution in [3.05, 3.63) is 47.7 Å². The summed E-state index contributed by atoms with van der Waals surface area (Å²) >= 11 is 0. The fourth-order valence-corrected chi connectivity index (χ4v) is 5.50. The normalized spacial score (nSPS) is 13.2. The molecule has 0 saturated carbocycles. The van der Waals surface area contributed by atoms with Crippen molar-refractivity contribution >= 4 is 25.9 Å². The molecule has 0 saturated heterocycles. The highest BCUT2D eigenvalue weighted by atomic mass is 32.2.